The number of anilines is 3. The van der Waals surface area contributed by atoms with E-state index in [-0.39, 0.29) is 11.4 Å². The first-order chi connectivity index (χ1) is 19.4. The third kappa shape index (κ3) is 5.15. The van der Waals surface area contributed by atoms with Gasteiger partial charge in [-0.25, -0.2) is 13.8 Å². The molecule has 9 nitrogen and oxygen atoms in total. The van der Waals surface area contributed by atoms with Crippen LogP contribution in [0.1, 0.15) is 12.8 Å². The van der Waals surface area contributed by atoms with E-state index in [1.54, 1.807) is 18.5 Å². The predicted molar refractivity (Wildman–Crippen MR) is 144 cm³/mol. The number of rotatable bonds is 7. The van der Waals surface area contributed by atoms with Crippen molar-refractivity contribution in [3.63, 3.8) is 0 Å². The lowest BCUT2D eigenvalue weighted by atomic mass is 10.0. The minimum Gasteiger partial charge on any atom is -0.453 e. The van der Waals surface area contributed by atoms with E-state index < -0.39 is 28.9 Å². The second-order valence-electron chi connectivity index (χ2n) is 9.71. The van der Waals surface area contributed by atoms with Crippen molar-refractivity contribution in [2.24, 2.45) is 5.41 Å². The number of pyridine rings is 2. The molecule has 0 unspecified atom stereocenters. The maximum atomic E-state index is 15.0. The van der Waals surface area contributed by atoms with Gasteiger partial charge in [-0.2, -0.15) is 0 Å². The maximum absolute atomic E-state index is 15.0. The van der Waals surface area contributed by atoms with Gasteiger partial charge >= 0.3 is 0 Å². The molecule has 2 aromatic carbocycles. The Labute approximate surface area is 228 Å². The molecular formula is C29H25F2N5O4. The summed E-state index contributed by atoms with van der Waals surface area (Å²) in [4.78, 5) is 36.8. The summed E-state index contributed by atoms with van der Waals surface area (Å²) in [5.41, 5.74) is -0.0310. The van der Waals surface area contributed by atoms with Crippen LogP contribution in [0.25, 0.3) is 10.9 Å². The monoisotopic (exact) mass is 545 g/mol. The largest absolute Gasteiger partial charge is 0.453 e. The average Bonchev–Trinajstić information content (AvgIpc) is 3.79. The lowest BCUT2D eigenvalue weighted by Gasteiger charge is -2.27. The minimum atomic E-state index is -1.26. The summed E-state index contributed by atoms with van der Waals surface area (Å²) in [6.45, 7) is 2.75. The number of hydrogen-bond acceptors (Lipinski definition) is 7. The van der Waals surface area contributed by atoms with Gasteiger partial charge in [0.1, 0.15) is 22.8 Å². The molecular weight excluding hydrogens is 520 g/mol. The Bertz CT molecular complexity index is 1590. The van der Waals surface area contributed by atoms with Gasteiger partial charge in [0, 0.05) is 49.0 Å². The van der Waals surface area contributed by atoms with Crippen molar-refractivity contribution in [2.75, 3.05) is 41.8 Å². The van der Waals surface area contributed by atoms with Crippen LogP contribution in [0.4, 0.5) is 26.0 Å². The van der Waals surface area contributed by atoms with E-state index in [9.17, 15) is 14.0 Å². The number of fused-ring (bicyclic) bond motifs is 1. The van der Waals surface area contributed by atoms with E-state index in [1.807, 2.05) is 6.07 Å². The highest BCUT2D eigenvalue weighted by atomic mass is 19.1. The van der Waals surface area contributed by atoms with Crippen molar-refractivity contribution in [1.29, 1.82) is 0 Å². The highest BCUT2D eigenvalue weighted by molar-refractivity contribution is 6.16. The lowest BCUT2D eigenvalue weighted by molar-refractivity contribution is -0.131. The number of aromatic nitrogens is 2. The Morgan fingerprint density at radius 3 is 2.27 bits per heavy atom. The van der Waals surface area contributed by atoms with Crippen molar-refractivity contribution in [1.82, 2.24) is 9.97 Å². The zero-order valence-corrected chi connectivity index (χ0v) is 21.3. The second kappa shape index (κ2) is 10.5. The Balaban J connectivity index is 1.14. The number of carbonyl (C=O) groups is 2. The van der Waals surface area contributed by atoms with E-state index in [0.717, 1.165) is 25.0 Å². The summed E-state index contributed by atoms with van der Waals surface area (Å²) in [5, 5.41) is 5.90. The topological polar surface area (TPSA) is 106 Å². The number of nitrogens with zero attached hydrogens (tertiary/aromatic N) is 3. The van der Waals surface area contributed by atoms with Crippen molar-refractivity contribution in [3.05, 3.63) is 78.6 Å². The summed E-state index contributed by atoms with van der Waals surface area (Å²) in [5.74, 6) is -1.03. The Kier molecular flexibility index (Phi) is 6.72. The number of morpholine rings is 1. The molecule has 2 fully saturated rings. The van der Waals surface area contributed by atoms with E-state index in [0.29, 0.717) is 48.4 Å². The zero-order chi connectivity index (χ0) is 27.7. The molecule has 1 aliphatic heterocycles. The quantitative estimate of drug-likeness (QED) is 0.319. The summed E-state index contributed by atoms with van der Waals surface area (Å²) in [6, 6.07) is 12.8. The van der Waals surface area contributed by atoms with Gasteiger partial charge < -0.3 is 25.0 Å². The van der Waals surface area contributed by atoms with Gasteiger partial charge in [0.05, 0.1) is 24.1 Å². The fourth-order valence-corrected chi connectivity index (χ4v) is 4.56. The molecule has 2 aliphatic rings. The highest BCUT2D eigenvalue weighted by Crippen LogP contribution is 2.47. The molecule has 1 aliphatic carbocycles. The van der Waals surface area contributed by atoms with Crippen LogP contribution in [0.5, 0.6) is 11.5 Å². The number of hydrogen-bond donors (Lipinski definition) is 2. The Morgan fingerprint density at radius 2 is 1.57 bits per heavy atom. The number of amides is 2. The van der Waals surface area contributed by atoms with Crippen LogP contribution in [0.2, 0.25) is 0 Å². The summed E-state index contributed by atoms with van der Waals surface area (Å²) in [7, 11) is 0. The van der Waals surface area contributed by atoms with E-state index in [2.05, 4.69) is 25.5 Å². The summed E-state index contributed by atoms with van der Waals surface area (Å²) >= 11 is 0. The molecule has 0 radical (unpaired) electrons. The maximum Gasteiger partial charge on any atom is 0.240 e. The Hall–Kier alpha value is -4.64. The number of carbonyl (C=O) groups excluding carboxylic acids is 2. The minimum absolute atomic E-state index is 0.0436. The van der Waals surface area contributed by atoms with E-state index in [4.69, 9.17) is 9.47 Å². The predicted octanol–water partition coefficient (Wildman–Crippen LogP) is 4.89. The van der Waals surface area contributed by atoms with E-state index >= 15 is 4.39 Å². The summed E-state index contributed by atoms with van der Waals surface area (Å²) in [6.07, 6.45) is 3.94. The third-order valence-corrected chi connectivity index (χ3v) is 7.04. The lowest BCUT2D eigenvalue weighted by Crippen LogP contribution is -2.36. The van der Waals surface area contributed by atoms with Crippen LogP contribution in [0.15, 0.2) is 67.0 Å². The molecule has 2 aromatic heterocycles. The molecule has 0 spiro atoms. The highest BCUT2D eigenvalue weighted by Gasteiger charge is 2.56. The smallest absolute Gasteiger partial charge is 0.240 e. The molecule has 2 N–H and O–H groups in total. The standard InChI is InChI=1S/C29H25F2N5O4/c30-18-1-3-19(4-2-18)34-27(37)29(8-9-29)28(38)35-20-5-6-25(22(31)15-20)40-24-7-10-32-23-16-26(33-17-21(23)24)36-11-13-39-14-12-36/h1-7,10,15-17H,8-9,11-14H2,(H,34,37)(H,35,38). The first-order valence-corrected chi connectivity index (χ1v) is 12.8. The third-order valence-electron chi connectivity index (χ3n) is 7.04. The average molecular weight is 546 g/mol. The number of ether oxygens (including phenoxy) is 2. The van der Waals surface area contributed by atoms with Crippen LogP contribution in [-0.2, 0) is 14.3 Å². The van der Waals surface area contributed by atoms with Gasteiger partial charge in [-0.15, -0.1) is 0 Å². The van der Waals surface area contributed by atoms with Gasteiger partial charge in [0.2, 0.25) is 11.8 Å². The number of benzene rings is 2. The first-order valence-electron chi connectivity index (χ1n) is 12.8. The zero-order valence-electron chi connectivity index (χ0n) is 21.3. The van der Waals surface area contributed by atoms with Crippen LogP contribution in [0.3, 0.4) is 0 Å². The molecule has 1 saturated heterocycles. The molecule has 4 aromatic rings. The van der Waals surface area contributed by atoms with Crippen molar-refractivity contribution < 1.29 is 27.8 Å². The molecule has 6 rings (SSSR count). The van der Waals surface area contributed by atoms with Gasteiger partial charge in [-0.3, -0.25) is 14.6 Å². The van der Waals surface area contributed by atoms with Crippen LogP contribution < -0.4 is 20.3 Å². The molecule has 0 atom stereocenters. The fraction of sp³-hybridized carbons (Fsp3) is 0.241. The molecule has 2 amide bonds. The second-order valence-corrected chi connectivity index (χ2v) is 9.71. The Morgan fingerprint density at radius 1 is 0.875 bits per heavy atom. The van der Waals surface area contributed by atoms with Gasteiger partial charge in [0.25, 0.3) is 0 Å². The fourth-order valence-electron chi connectivity index (χ4n) is 4.56. The number of nitrogens with one attached hydrogen (secondary N) is 2. The van der Waals surface area contributed by atoms with Crippen LogP contribution in [0, 0.1) is 17.0 Å². The van der Waals surface area contributed by atoms with Crippen molar-refractivity contribution in [3.8, 4) is 11.5 Å². The van der Waals surface area contributed by atoms with Crippen molar-refractivity contribution >= 4 is 39.9 Å². The van der Waals surface area contributed by atoms with Gasteiger partial charge in [-0.05, 0) is 55.3 Å². The molecule has 1 saturated carbocycles. The van der Waals surface area contributed by atoms with E-state index in [1.165, 1.54) is 36.4 Å². The normalized spacial score (nSPS) is 15.9. The molecule has 3 heterocycles. The van der Waals surface area contributed by atoms with Crippen molar-refractivity contribution in [2.45, 2.75) is 12.8 Å². The van der Waals surface area contributed by atoms with Gasteiger partial charge in [0.15, 0.2) is 11.6 Å². The number of halogens is 2. The van der Waals surface area contributed by atoms with Crippen LogP contribution in [-0.4, -0.2) is 48.1 Å². The SMILES string of the molecule is O=C(Nc1ccc(F)cc1)C1(C(=O)Nc2ccc(Oc3ccnc4cc(N5CCOCC5)ncc34)c(F)c2)CC1. The summed E-state index contributed by atoms with van der Waals surface area (Å²) < 4.78 is 39.5. The molecule has 0 bridgehead atoms. The first kappa shape index (κ1) is 25.6. The van der Waals surface area contributed by atoms with Gasteiger partial charge in [-0.1, -0.05) is 0 Å². The molecule has 40 heavy (non-hydrogen) atoms. The molecule has 204 valence electrons. The molecule has 11 heteroatoms. The van der Waals surface area contributed by atoms with Crippen LogP contribution >= 0.6 is 0 Å².